The number of carboxylic acid groups (broad SMARTS) is 1. The van der Waals surface area contributed by atoms with Gasteiger partial charge in [-0.2, -0.15) is 0 Å². The van der Waals surface area contributed by atoms with E-state index < -0.39 is 17.9 Å². The number of rotatable bonds is 6. The Kier molecular flexibility index (Phi) is 4.61. The van der Waals surface area contributed by atoms with Gasteiger partial charge in [0.15, 0.2) is 0 Å². The number of furan rings is 1. The van der Waals surface area contributed by atoms with E-state index in [1.54, 1.807) is 13.1 Å². The second kappa shape index (κ2) is 7.23. The molecule has 0 bridgehead atoms. The highest BCUT2D eigenvalue weighted by Crippen LogP contribution is 2.25. The van der Waals surface area contributed by atoms with Gasteiger partial charge in [0.05, 0.1) is 5.92 Å². The standard InChI is InChI=1S/C22H20N2O4/c1-13(20-11-14-6-2-5-9-19(14)28-20)21(25)24-18(22(26)27)10-15-12-23-17-8-4-3-7-16(15)17/h2-9,11-13,18,23H,10H2,1H3,(H,24,25)(H,26,27)/t13-,18+/m1/s1. The highest BCUT2D eigenvalue weighted by atomic mass is 16.4. The molecular formula is C22H20N2O4. The van der Waals surface area contributed by atoms with Crippen LogP contribution in [0.25, 0.3) is 21.9 Å². The Balaban J connectivity index is 1.52. The Morgan fingerprint density at radius 3 is 2.68 bits per heavy atom. The van der Waals surface area contributed by atoms with Crippen LogP contribution < -0.4 is 5.32 Å². The molecule has 0 unspecified atom stereocenters. The van der Waals surface area contributed by atoms with Crippen molar-refractivity contribution >= 4 is 33.7 Å². The maximum atomic E-state index is 12.7. The molecule has 0 aliphatic carbocycles. The molecule has 2 atom stereocenters. The topological polar surface area (TPSA) is 95.3 Å². The van der Waals surface area contributed by atoms with Crippen molar-refractivity contribution < 1.29 is 19.1 Å². The first kappa shape index (κ1) is 17.9. The van der Waals surface area contributed by atoms with E-state index in [4.69, 9.17) is 4.42 Å². The number of aromatic amines is 1. The Hall–Kier alpha value is -3.54. The number of para-hydroxylation sites is 2. The first-order valence-corrected chi connectivity index (χ1v) is 9.09. The number of aromatic nitrogens is 1. The van der Waals surface area contributed by atoms with E-state index in [0.717, 1.165) is 21.9 Å². The lowest BCUT2D eigenvalue weighted by molar-refractivity contribution is -0.142. The van der Waals surface area contributed by atoms with Gasteiger partial charge in [-0.15, -0.1) is 0 Å². The highest BCUT2D eigenvalue weighted by molar-refractivity contribution is 5.90. The van der Waals surface area contributed by atoms with E-state index in [9.17, 15) is 14.7 Å². The monoisotopic (exact) mass is 376 g/mol. The van der Waals surface area contributed by atoms with Gasteiger partial charge in [-0.1, -0.05) is 36.4 Å². The third kappa shape index (κ3) is 3.36. The van der Waals surface area contributed by atoms with Crippen LogP contribution in [0.2, 0.25) is 0 Å². The molecule has 2 heterocycles. The van der Waals surface area contributed by atoms with Gasteiger partial charge in [0.25, 0.3) is 0 Å². The van der Waals surface area contributed by atoms with Crippen molar-refractivity contribution in [1.82, 2.24) is 10.3 Å². The minimum atomic E-state index is -1.07. The van der Waals surface area contributed by atoms with Crippen LogP contribution >= 0.6 is 0 Å². The normalized spacial score (nSPS) is 13.5. The average Bonchev–Trinajstić information content (AvgIpc) is 3.31. The van der Waals surface area contributed by atoms with Crippen LogP contribution in [0, 0.1) is 0 Å². The lowest BCUT2D eigenvalue weighted by Gasteiger charge is -2.16. The average molecular weight is 376 g/mol. The summed E-state index contributed by atoms with van der Waals surface area (Å²) in [5.74, 6) is -1.55. The number of carboxylic acids is 1. The summed E-state index contributed by atoms with van der Waals surface area (Å²) in [5.41, 5.74) is 2.48. The van der Waals surface area contributed by atoms with E-state index in [0.29, 0.717) is 11.3 Å². The zero-order valence-corrected chi connectivity index (χ0v) is 15.3. The molecule has 4 rings (SSSR count). The summed E-state index contributed by atoms with van der Waals surface area (Å²) in [6.07, 6.45) is 1.98. The van der Waals surface area contributed by atoms with Gasteiger partial charge in [-0.25, -0.2) is 4.79 Å². The van der Waals surface area contributed by atoms with Gasteiger partial charge in [0.2, 0.25) is 5.91 Å². The van der Waals surface area contributed by atoms with Gasteiger partial charge in [-0.05, 0) is 30.7 Å². The summed E-state index contributed by atoms with van der Waals surface area (Å²) in [5, 5.41) is 14.1. The van der Waals surface area contributed by atoms with E-state index in [2.05, 4.69) is 10.3 Å². The van der Waals surface area contributed by atoms with E-state index in [1.807, 2.05) is 54.6 Å². The smallest absolute Gasteiger partial charge is 0.326 e. The summed E-state index contributed by atoms with van der Waals surface area (Å²) < 4.78 is 5.74. The number of hydrogen-bond acceptors (Lipinski definition) is 3. The predicted molar refractivity (Wildman–Crippen MR) is 106 cm³/mol. The molecule has 0 saturated heterocycles. The molecule has 142 valence electrons. The number of hydrogen-bond donors (Lipinski definition) is 3. The third-order valence-corrected chi connectivity index (χ3v) is 4.98. The van der Waals surface area contributed by atoms with Gasteiger partial charge in [0, 0.05) is 28.9 Å². The fourth-order valence-corrected chi connectivity index (χ4v) is 3.36. The zero-order chi connectivity index (χ0) is 19.7. The summed E-state index contributed by atoms with van der Waals surface area (Å²) in [6.45, 7) is 1.71. The van der Waals surface area contributed by atoms with Crippen LogP contribution in [0.5, 0.6) is 0 Å². The third-order valence-electron chi connectivity index (χ3n) is 4.98. The number of fused-ring (bicyclic) bond motifs is 2. The van der Waals surface area contributed by atoms with Crippen molar-refractivity contribution in [2.75, 3.05) is 0 Å². The molecular weight excluding hydrogens is 356 g/mol. The Labute approximate surface area is 161 Å². The van der Waals surface area contributed by atoms with Gasteiger partial charge < -0.3 is 19.8 Å². The predicted octanol–water partition coefficient (Wildman–Crippen LogP) is 3.83. The SMILES string of the molecule is C[C@@H](C(=O)N[C@@H](Cc1c[nH]c2ccccc12)C(=O)O)c1cc2ccccc2o1. The molecule has 0 fully saturated rings. The molecule has 0 aliphatic rings. The fourth-order valence-electron chi connectivity index (χ4n) is 3.36. The molecule has 2 aromatic carbocycles. The highest BCUT2D eigenvalue weighted by Gasteiger charge is 2.26. The van der Waals surface area contributed by atoms with E-state index in [1.165, 1.54) is 0 Å². The second-order valence-corrected chi connectivity index (χ2v) is 6.87. The van der Waals surface area contributed by atoms with Crippen LogP contribution in [0.4, 0.5) is 0 Å². The summed E-state index contributed by atoms with van der Waals surface area (Å²) in [6, 6.07) is 16.0. The van der Waals surface area contributed by atoms with Crippen LogP contribution in [0.1, 0.15) is 24.2 Å². The zero-order valence-electron chi connectivity index (χ0n) is 15.3. The quantitative estimate of drug-likeness (QED) is 0.477. The van der Waals surface area contributed by atoms with Crippen molar-refractivity contribution in [2.45, 2.75) is 25.3 Å². The Morgan fingerprint density at radius 1 is 1.14 bits per heavy atom. The first-order valence-electron chi connectivity index (χ1n) is 9.09. The number of benzene rings is 2. The molecule has 6 nitrogen and oxygen atoms in total. The summed E-state index contributed by atoms with van der Waals surface area (Å²) in [4.78, 5) is 27.6. The van der Waals surface area contributed by atoms with Crippen molar-refractivity contribution in [3.05, 3.63) is 72.1 Å². The van der Waals surface area contributed by atoms with Crippen molar-refractivity contribution in [3.63, 3.8) is 0 Å². The number of aliphatic carboxylic acids is 1. The maximum Gasteiger partial charge on any atom is 0.326 e. The molecule has 0 saturated carbocycles. The number of nitrogens with one attached hydrogen (secondary N) is 2. The molecule has 1 amide bonds. The number of amides is 1. The number of carbonyl (C=O) groups excluding carboxylic acids is 1. The van der Waals surface area contributed by atoms with E-state index in [-0.39, 0.29) is 12.3 Å². The van der Waals surface area contributed by atoms with Crippen molar-refractivity contribution in [1.29, 1.82) is 0 Å². The molecule has 0 radical (unpaired) electrons. The summed E-state index contributed by atoms with van der Waals surface area (Å²) in [7, 11) is 0. The fraction of sp³-hybridized carbons (Fsp3) is 0.182. The molecule has 28 heavy (non-hydrogen) atoms. The molecule has 2 aromatic heterocycles. The second-order valence-electron chi connectivity index (χ2n) is 6.87. The first-order chi connectivity index (χ1) is 13.5. The largest absolute Gasteiger partial charge is 0.480 e. The molecule has 3 N–H and O–H groups in total. The van der Waals surface area contributed by atoms with Crippen LogP contribution in [0.15, 0.2) is 65.2 Å². The molecule has 0 aliphatic heterocycles. The van der Waals surface area contributed by atoms with Crippen molar-refractivity contribution in [2.24, 2.45) is 0 Å². The molecule has 4 aromatic rings. The van der Waals surface area contributed by atoms with Gasteiger partial charge in [0.1, 0.15) is 17.4 Å². The van der Waals surface area contributed by atoms with Crippen LogP contribution in [-0.4, -0.2) is 28.0 Å². The Morgan fingerprint density at radius 2 is 1.89 bits per heavy atom. The Bertz CT molecular complexity index is 1120. The molecule has 6 heteroatoms. The molecule has 0 spiro atoms. The van der Waals surface area contributed by atoms with Crippen LogP contribution in [0.3, 0.4) is 0 Å². The number of H-pyrrole nitrogens is 1. The van der Waals surface area contributed by atoms with Gasteiger partial charge in [-0.3, -0.25) is 4.79 Å². The lowest BCUT2D eigenvalue weighted by atomic mass is 10.0. The van der Waals surface area contributed by atoms with E-state index >= 15 is 0 Å². The summed E-state index contributed by atoms with van der Waals surface area (Å²) >= 11 is 0. The maximum absolute atomic E-state index is 12.7. The number of carbonyl (C=O) groups is 2. The van der Waals surface area contributed by atoms with Crippen molar-refractivity contribution in [3.8, 4) is 0 Å². The lowest BCUT2D eigenvalue weighted by Crippen LogP contribution is -2.43. The van der Waals surface area contributed by atoms with Crippen LogP contribution in [-0.2, 0) is 16.0 Å². The minimum absolute atomic E-state index is 0.192. The van der Waals surface area contributed by atoms with Gasteiger partial charge >= 0.3 is 5.97 Å². The minimum Gasteiger partial charge on any atom is -0.480 e.